The van der Waals surface area contributed by atoms with Crippen LogP contribution in [0.15, 0.2) is 23.1 Å². The van der Waals surface area contributed by atoms with Crippen LogP contribution in [-0.4, -0.2) is 64.7 Å². The van der Waals surface area contributed by atoms with E-state index in [1.165, 1.54) is 21.3 Å². The number of rotatable bonds is 6. The van der Waals surface area contributed by atoms with Gasteiger partial charge in [-0.1, -0.05) is 0 Å². The molecule has 0 aromatic heterocycles. The van der Waals surface area contributed by atoms with Crippen LogP contribution in [0.1, 0.15) is 31.2 Å². The molecule has 1 aromatic carbocycles. The van der Waals surface area contributed by atoms with E-state index in [9.17, 15) is 13.2 Å². The summed E-state index contributed by atoms with van der Waals surface area (Å²) >= 11 is 0. The van der Waals surface area contributed by atoms with Crippen LogP contribution in [-0.2, 0) is 34.8 Å². The van der Waals surface area contributed by atoms with Gasteiger partial charge in [0.25, 0.3) is 11.7 Å². The number of carbonyl (C=O) groups is 1. The Morgan fingerprint density at radius 1 is 1.30 bits per heavy atom. The van der Waals surface area contributed by atoms with Gasteiger partial charge in [-0.05, 0) is 37.5 Å². The van der Waals surface area contributed by atoms with E-state index >= 15 is 0 Å². The molecular weight excluding hydrogens is 410 g/mol. The Kier molecular flexibility index (Phi) is 5.83. The van der Waals surface area contributed by atoms with Crippen LogP contribution in [0.2, 0.25) is 0 Å². The Morgan fingerprint density at radius 2 is 2.07 bits per heavy atom. The summed E-state index contributed by atoms with van der Waals surface area (Å²) in [7, 11) is -2.22. The van der Waals surface area contributed by atoms with Gasteiger partial charge in [-0.3, -0.25) is 4.79 Å². The molecule has 3 aliphatic heterocycles. The predicted molar refractivity (Wildman–Crippen MR) is 106 cm³/mol. The number of nitrogens with zero attached hydrogens (tertiary/aromatic N) is 3. The minimum absolute atomic E-state index is 0.0938. The Hall–Kier alpha value is -2.03. The van der Waals surface area contributed by atoms with Gasteiger partial charge in [-0.15, -0.1) is 0 Å². The molecule has 30 heavy (non-hydrogen) atoms. The molecule has 0 radical (unpaired) electrons. The van der Waals surface area contributed by atoms with Crippen molar-refractivity contribution in [3.63, 3.8) is 0 Å². The SMILES string of the molecule is COC[C@@H]1CCCN1S(=O)(=O)c1ccc2c(c1)C1(OCCCO1)C(=O)N2CCC#N. The predicted octanol–water partition coefficient (Wildman–Crippen LogP) is 1.34. The van der Waals surface area contributed by atoms with Crippen molar-refractivity contribution in [1.82, 2.24) is 4.31 Å². The van der Waals surface area contributed by atoms with E-state index in [2.05, 4.69) is 0 Å². The molecule has 0 aliphatic carbocycles. The lowest BCUT2D eigenvalue weighted by Gasteiger charge is -2.32. The summed E-state index contributed by atoms with van der Waals surface area (Å²) in [4.78, 5) is 14.7. The first-order valence-electron chi connectivity index (χ1n) is 10.1. The first-order valence-corrected chi connectivity index (χ1v) is 11.5. The lowest BCUT2D eigenvalue weighted by Crippen LogP contribution is -2.47. The topological polar surface area (TPSA) is 109 Å². The molecule has 162 valence electrons. The standard InChI is InChI=1S/C20H25N3O6S/c1-27-14-15-5-2-10-23(15)30(25,26)16-6-7-18-17(13-16)20(28-11-4-12-29-20)19(24)22(18)9-3-8-21/h6-7,13,15H,2-5,9-12,14H2,1H3/t15-/m0/s1. The summed E-state index contributed by atoms with van der Waals surface area (Å²) in [5.74, 6) is -2.06. The molecule has 0 N–H and O–H groups in total. The lowest BCUT2D eigenvalue weighted by atomic mass is 10.1. The summed E-state index contributed by atoms with van der Waals surface area (Å²) in [5, 5.41) is 8.96. The summed E-state index contributed by atoms with van der Waals surface area (Å²) in [6.07, 6.45) is 2.31. The van der Waals surface area contributed by atoms with Crippen LogP contribution in [0.5, 0.6) is 0 Å². The molecule has 0 unspecified atom stereocenters. The number of sulfonamides is 1. The number of anilines is 1. The zero-order valence-electron chi connectivity index (χ0n) is 16.9. The van der Waals surface area contributed by atoms with E-state index in [0.29, 0.717) is 44.0 Å². The highest BCUT2D eigenvalue weighted by atomic mass is 32.2. The van der Waals surface area contributed by atoms with Gasteiger partial charge in [0.1, 0.15) is 0 Å². The molecule has 9 nitrogen and oxygen atoms in total. The van der Waals surface area contributed by atoms with Crippen LogP contribution < -0.4 is 4.90 Å². The second kappa shape index (κ2) is 8.24. The zero-order valence-corrected chi connectivity index (χ0v) is 17.7. The van der Waals surface area contributed by atoms with Crippen LogP contribution in [0.3, 0.4) is 0 Å². The smallest absolute Gasteiger partial charge is 0.292 e. The number of hydrogen-bond donors (Lipinski definition) is 0. The van der Waals surface area contributed by atoms with Crippen LogP contribution in [0.25, 0.3) is 0 Å². The van der Waals surface area contributed by atoms with Gasteiger partial charge in [-0.25, -0.2) is 8.42 Å². The normalized spacial score (nSPS) is 23.7. The fourth-order valence-electron chi connectivity index (χ4n) is 4.39. The highest BCUT2D eigenvalue weighted by Crippen LogP contribution is 2.46. The number of fused-ring (bicyclic) bond motifs is 2. The molecule has 3 aliphatic rings. The van der Waals surface area contributed by atoms with Gasteiger partial charge >= 0.3 is 0 Å². The van der Waals surface area contributed by atoms with Crippen LogP contribution in [0, 0.1) is 11.3 Å². The number of carbonyl (C=O) groups excluding carboxylic acids is 1. The average Bonchev–Trinajstić information content (AvgIpc) is 3.31. The summed E-state index contributed by atoms with van der Waals surface area (Å²) < 4.78 is 45.0. The van der Waals surface area contributed by atoms with Crippen LogP contribution >= 0.6 is 0 Å². The summed E-state index contributed by atoms with van der Waals surface area (Å²) in [5.41, 5.74) is 0.902. The summed E-state index contributed by atoms with van der Waals surface area (Å²) in [6.45, 7) is 1.61. The maximum atomic E-state index is 13.4. The van der Waals surface area contributed by atoms with Crippen molar-refractivity contribution in [2.75, 3.05) is 44.9 Å². The Bertz CT molecular complexity index is 967. The minimum atomic E-state index is -3.78. The molecule has 1 aromatic rings. The molecule has 1 atom stereocenters. The van der Waals surface area contributed by atoms with Gasteiger partial charge in [0.15, 0.2) is 0 Å². The molecule has 2 saturated heterocycles. The van der Waals surface area contributed by atoms with Crippen molar-refractivity contribution in [3.8, 4) is 6.07 Å². The molecule has 1 spiro atoms. The second-order valence-corrected chi connectivity index (χ2v) is 9.47. The molecule has 3 heterocycles. The number of benzene rings is 1. The highest BCUT2D eigenvalue weighted by molar-refractivity contribution is 7.89. The van der Waals surface area contributed by atoms with Crippen molar-refractivity contribution in [2.24, 2.45) is 0 Å². The zero-order chi connectivity index (χ0) is 21.4. The molecule has 10 heteroatoms. The maximum absolute atomic E-state index is 13.4. The van der Waals surface area contributed by atoms with Crippen molar-refractivity contribution in [1.29, 1.82) is 5.26 Å². The van der Waals surface area contributed by atoms with Crippen molar-refractivity contribution in [3.05, 3.63) is 23.8 Å². The quantitative estimate of drug-likeness (QED) is 0.663. The second-order valence-electron chi connectivity index (χ2n) is 7.58. The fraction of sp³-hybridized carbons (Fsp3) is 0.600. The molecular formula is C20H25N3O6S. The van der Waals surface area contributed by atoms with Crippen LogP contribution in [0.4, 0.5) is 5.69 Å². The van der Waals surface area contributed by atoms with Gasteiger partial charge in [-0.2, -0.15) is 9.57 Å². The van der Waals surface area contributed by atoms with E-state index in [1.807, 2.05) is 6.07 Å². The van der Waals surface area contributed by atoms with E-state index < -0.39 is 21.7 Å². The first-order chi connectivity index (χ1) is 14.5. The maximum Gasteiger partial charge on any atom is 0.292 e. The number of nitriles is 1. The number of methoxy groups -OCH3 is 1. The number of hydrogen-bond acceptors (Lipinski definition) is 7. The third kappa shape index (κ3) is 3.31. The van der Waals surface area contributed by atoms with Gasteiger partial charge in [0.05, 0.1) is 42.9 Å². The Labute approximate surface area is 176 Å². The van der Waals surface area contributed by atoms with E-state index in [4.69, 9.17) is 19.5 Å². The fourth-order valence-corrected chi connectivity index (χ4v) is 6.10. The third-order valence-electron chi connectivity index (χ3n) is 5.78. The van der Waals surface area contributed by atoms with Crippen molar-refractivity contribution >= 4 is 21.6 Å². The monoisotopic (exact) mass is 435 g/mol. The average molecular weight is 436 g/mol. The Morgan fingerprint density at radius 3 is 2.77 bits per heavy atom. The lowest BCUT2D eigenvalue weighted by molar-refractivity contribution is -0.256. The third-order valence-corrected chi connectivity index (χ3v) is 7.72. The van der Waals surface area contributed by atoms with E-state index in [-0.39, 0.29) is 23.9 Å². The number of ether oxygens (including phenoxy) is 3. The Balaban J connectivity index is 1.76. The molecule has 2 fully saturated rings. The molecule has 4 rings (SSSR count). The van der Waals surface area contributed by atoms with Gasteiger partial charge < -0.3 is 19.1 Å². The minimum Gasteiger partial charge on any atom is -0.383 e. The van der Waals surface area contributed by atoms with Crippen molar-refractivity contribution in [2.45, 2.75) is 42.4 Å². The van der Waals surface area contributed by atoms with Crippen molar-refractivity contribution < 1.29 is 27.4 Å². The highest BCUT2D eigenvalue weighted by Gasteiger charge is 2.55. The van der Waals surface area contributed by atoms with Gasteiger partial charge in [0.2, 0.25) is 10.0 Å². The molecule has 0 saturated carbocycles. The first kappa shape index (κ1) is 21.2. The molecule has 1 amide bonds. The van der Waals surface area contributed by atoms with E-state index in [0.717, 1.165) is 12.8 Å². The van der Waals surface area contributed by atoms with E-state index in [1.54, 1.807) is 13.2 Å². The number of amides is 1. The summed E-state index contributed by atoms with van der Waals surface area (Å²) in [6, 6.07) is 6.43. The molecule has 0 bridgehead atoms. The largest absolute Gasteiger partial charge is 0.383 e. The van der Waals surface area contributed by atoms with Gasteiger partial charge in [0, 0.05) is 31.8 Å².